The number of benzene rings is 1. The van der Waals surface area contributed by atoms with E-state index in [0.717, 1.165) is 42.9 Å². The van der Waals surface area contributed by atoms with Gasteiger partial charge < -0.3 is 5.32 Å². The quantitative estimate of drug-likeness (QED) is 0.851. The Labute approximate surface area is 141 Å². The summed E-state index contributed by atoms with van der Waals surface area (Å²) in [6, 6.07) is 8.56. The Balaban J connectivity index is 1.65. The molecular formula is C19H23F3N2. The highest BCUT2D eigenvalue weighted by Gasteiger charge is 2.35. The molecule has 2 aliphatic rings. The predicted molar refractivity (Wildman–Crippen MR) is 86.2 cm³/mol. The van der Waals surface area contributed by atoms with E-state index in [1.54, 1.807) is 12.1 Å². The van der Waals surface area contributed by atoms with Crippen LogP contribution in [0.4, 0.5) is 13.2 Å². The molecule has 1 aromatic carbocycles. The number of halogens is 3. The molecule has 0 heterocycles. The highest BCUT2D eigenvalue weighted by atomic mass is 19.4. The molecule has 0 spiro atoms. The maximum absolute atomic E-state index is 12.7. The number of rotatable bonds is 4. The summed E-state index contributed by atoms with van der Waals surface area (Å²) in [6.07, 6.45) is 0.861. The van der Waals surface area contributed by atoms with Gasteiger partial charge in [-0.2, -0.15) is 18.4 Å². The topological polar surface area (TPSA) is 35.8 Å². The molecule has 2 saturated carbocycles. The third kappa shape index (κ3) is 3.92. The monoisotopic (exact) mass is 336 g/mol. The lowest BCUT2D eigenvalue weighted by Gasteiger charge is -2.35. The number of nitrogens with one attached hydrogen (secondary N) is 1. The smallest absolute Gasteiger partial charge is 0.311 e. The van der Waals surface area contributed by atoms with Crippen LogP contribution in [0.25, 0.3) is 0 Å². The molecule has 3 rings (SSSR count). The maximum Gasteiger partial charge on any atom is 0.416 e. The summed E-state index contributed by atoms with van der Waals surface area (Å²) < 4.78 is 38.1. The van der Waals surface area contributed by atoms with Crippen LogP contribution in [0.2, 0.25) is 0 Å². The minimum Gasteiger partial charge on any atom is -0.311 e. The highest BCUT2D eigenvalue weighted by molar-refractivity contribution is 5.29. The molecule has 2 nitrogen and oxygen atoms in total. The van der Waals surface area contributed by atoms with Gasteiger partial charge in [-0.05, 0) is 68.6 Å². The minimum absolute atomic E-state index is 0.0339. The molecule has 1 N–H and O–H groups in total. The third-order valence-electron chi connectivity index (χ3n) is 5.51. The second kappa shape index (κ2) is 6.76. The molecule has 0 bridgehead atoms. The third-order valence-corrected chi connectivity index (χ3v) is 5.51. The first-order chi connectivity index (χ1) is 11.4. The average molecular weight is 336 g/mol. The fourth-order valence-electron chi connectivity index (χ4n) is 3.89. The number of nitrogens with zero attached hydrogens (tertiary/aromatic N) is 1. The van der Waals surface area contributed by atoms with Gasteiger partial charge in [-0.25, -0.2) is 0 Å². The molecule has 130 valence electrons. The van der Waals surface area contributed by atoms with Crippen LogP contribution >= 0.6 is 0 Å². The Morgan fingerprint density at radius 2 is 1.79 bits per heavy atom. The number of nitriles is 1. The predicted octanol–water partition coefficient (Wildman–Crippen LogP) is 4.87. The van der Waals surface area contributed by atoms with Crippen molar-refractivity contribution in [2.75, 3.05) is 0 Å². The van der Waals surface area contributed by atoms with E-state index in [0.29, 0.717) is 12.1 Å². The van der Waals surface area contributed by atoms with Gasteiger partial charge in [0.1, 0.15) is 0 Å². The Bertz CT molecular complexity index is 599. The lowest BCUT2D eigenvalue weighted by atomic mass is 9.74. The van der Waals surface area contributed by atoms with E-state index in [1.807, 2.05) is 0 Å². The van der Waals surface area contributed by atoms with Crippen LogP contribution in [0, 0.1) is 23.2 Å². The van der Waals surface area contributed by atoms with Gasteiger partial charge in [0.2, 0.25) is 0 Å². The number of hydrogen-bond acceptors (Lipinski definition) is 2. The van der Waals surface area contributed by atoms with Crippen molar-refractivity contribution in [1.82, 2.24) is 5.32 Å². The first-order valence-electron chi connectivity index (χ1n) is 8.71. The van der Waals surface area contributed by atoms with E-state index in [-0.39, 0.29) is 11.8 Å². The van der Waals surface area contributed by atoms with Crippen molar-refractivity contribution in [2.45, 2.75) is 63.2 Å². The zero-order valence-corrected chi connectivity index (χ0v) is 13.8. The summed E-state index contributed by atoms with van der Waals surface area (Å²) in [4.78, 5) is 0. The molecule has 4 unspecified atom stereocenters. The SMILES string of the molecule is CC(NC1CCC(c2ccc(C(F)(F)F)cc2)C(C#N)C1)C1CC1. The Kier molecular flexibility index (Phi) is 4.87. The van der Waals surface area contributed by atoms with Gasteiger partial charge in [-0.1, -0.05) is 12.1 Å². The van der Waals surface area contributed by atoms with E-state index in [1.165, 1.54) is 12.8 Å². The van der Waals surface area contributed by atoms with Gasteiger partial charge in [0.25, 0.3) is 0 Å². The zero-order valence-electron chi connectivity index (χ0n) is 13.8. The average Bonchev–Trinajstić information content (AvgIpc) is 3.39. The second-order valence-corrected chi connectivity index (χ2v) is 7.26. The van der Waals surface area contributed by atoms with Crippen molar-refractivity contribution in [2.24, 2.45) is 11.8 Å². The number of alkyl halides is 3. The molecule has 24 heavy (non-hydrogen) atoms. The van der Waals surface area contributed by atoms with E-state index >= 15 is 0 Å². The van der Waals surface area contributed by atoms with Gasteiger partial charge in [0.15, 0.2) is 0 Å². The number of hydrogen-bond donors (Lipinski definition) is 1. The Morgan fingerprint density at radius 3 is 2.33 bits per heavy atom. The molecule has 0 radical (unpaired) electrons. The van der Waals surface area contributed by atoms with Crippen molar-refractivity contribution in [3.63, 3.8) is 0 Å². The van der Waals surface area contributed by atoms with Crippen LogP contribution in [0.15, 0.2) is 24.3 Å². The zero-order chi connectivity index (χ0) is 17.3. The molecular weight excluding hydrogens is 313 g/mol. The summed E-state index contributed by atoms with van der Waals surface area (Å²) in [5, 5.41) is 13.2. The largest absolute Gasteiger partial charge is 0.416 e. The molecule has 0 aromatic heterocycles. The van der Waals surface area contributed by atoms with Crippen LogP contribution in [0.1, 0.15) is 56.1 Å². The molecule has 5 heteroatoms. The van der Waals surface area contributed by atoms with Gasteiger partial charge >= 0.3 is 6.18 Å². The molecule has 0 saturated heterocycles. The van der Waals surface area contributed by atoms with Gasteiger partial charge in [0.05, 0.1) is 17.6 Å². The van der Waals surface area contributed by atoms with Crippen molar-refractivity contribution in [3.05, 3.63) is 35.4 Å². The second-order valence-electron chi connectivity index (χ2n) is 7.26. The first-order valence-corrected chi connectivity index (χ1v) is 8.71. The first kappa shape index (κ1) is 17.3. The Hall–Kier alpha value is -1.54. The molecule has 4 atom stereocenters. The van der Waals surface area contributed by atoms with Crippen molar-refractivity contribution in [1.29, 1.82) is 5.26 Å². The fourth-order valence-corrected chi connectivity index (χ4v) is 3.89. The van der Waals surface area contributed by atoms with Gasteiger partial charge in [-0.3, -0.25) is 0 Å². The van der Waals surface area contributed by atoms with Crippen LogP contribution in [0.5, 0.6) is 0 Å². The standard InChI is InChI=1S/C19H23F3N2/c1-12(13-2-3-13)24-17-8-9-18(15(10-17)11-23)14-4-6-16(7-5-14)19(20,21)22/h4-7,12-13,15,17-18,24H,2-3,8-10H2,1H3. The molecule has 0 amide bonds. The van der Waals surface area contributed by atoms with Crippen molar-refractivity contribution in [3.8, 4) is 6.07 Å². The van der Waals surface area contributed by atoms with E-state index in [9.17, 15) is 18.4 Å². The molecule has 1 aromatic rings. The minimum atomic E-state index is -4.31. The summed E-state index contributed by atoms with van der Waals surface area (Å²) >= 11 is 0. The van der Waals surface area contributed by atoms with Crippen LogP contribution < -0.4 is 5.32 Å². The highest BCUT2D eigenvalue weighted by Crippen LogP contribution is 2.40. The van der Waals surface area contributed by atoms with Crippen molar-refractivity contribution < 1.29 is 13.2 Å². The van der Waals surface area contributed by atoms with Gasteiger partial charge in [-0.15, -0.1) is 0 Å². The lowest BCUT2D eigenvalue weighted by molar-refractivity contribution is -0.137. The van der Waals surface area contributed by atoms with E-state index in [4.69, 9.17) is 0 Å². The molecule has 2 fully saturated rings. The van der Waals surface area contributed by atoms with E-state index < -0.39 is 11.7 Å². The van der Waals surface area contributed by atoms with Crippen LogP contribution in [0.3, 0.4) is 0 Å². The van der Waals surface area contributed by atoms with Crippen LogP contribution in [-0.2, 0) is 6.18 Å². The Morgan fingerprint density at radius 1 is 1.12 bits per heavy atom. The summed E-state index contributed by atoms with van der Waals surface area (Å²) in [7, 11) is 0. The fraction of sp³-hybridized carbons (Fsp3) is 0.632. The summed E-state index contributed by atoms with van der Waals surface area (Å²) in [6.45, 7) is 2.21. The molecule has 2 aliphatic carbocycles. The van der Waals surface area contributed by atoms with E-state index in [2.05, 4.69) is 18.3 Å². The lowest BCUT2D eigenvalue weighted by Crippen LogP contribution is -2.42. The summed E-state index contributed by atoms with van der Waals surface area (Å²) in [5.74, 6) is 0.670. The molecule has 0 aliphatic heterocycles. The van der Waals surface area contributed by atoms with Crippen LogP contribution in [-0.4, -0.2) is 12.1 Å². The maximum atomic E-state index is 12.7. The van der Waals surface area contributed by atoms with Crippen molar-refractivity contribution >= 4 is 0 Å². The normalized spacial score (nSPS) is 29.0. The van der Waals surface area contributed by atoms with Gasteiger partial charge in [0, 0.05) is 12.1 Å². The summed E-state index contributed by atoms with van der Waals surface area (Å²) in [5.41, 5.74) is 0.219.